The van der Waals surface area contributed by atoms with Gasteiger partial charge in [0.2, 0.25) is 10.0 Å². The molecule has 5 atom stereocenters. The number of sulfonamides is 1. The van der Waals surface area contributed by atoms with E-state index in [0.29, 0.717) is 28.8 Å². The van der Waals surface area contributed by atoms with Crippen molar-refractivity contribution in [3.05, 3.63) is 54.6 Å². The van der Waals surface area contributed by atoms with Crippen LogP contribution in [0.1, 0.15) is 58.3 Å². The van der Waals surface area contributed by atoms with Crippen molar-refractivity contribution in [3.63, 3.8) is 0 Å². The second-order valence-corrected chi connectivity index (χ2v) is 14.5. The zero-order valence-corrected chi connectivity index (χ0v) is 24.8. The van der Waals surface area contributed by atoms with Gasteiger partial charge >= 0.3 is 29.6 Å². The summed E-state index contributed by atoms with van der Waals surface area (Å²) in [4.78, 5) is 12.0. The van der Waals surface area contributed by atoms with Gasteiger partial charge in [-0.2, -0.15) is 0 Å². The van der Waals surface area contributed by atoms with Crippen molar-refractivity contribution in [1.29, 1.82) is 0 Å². The average Bonchev–Trinajstić information content (AvgIpc) is 3.44. The van der Waals surface area contributed by atoms with Gasteiger partial charge in [0.1, 0.15) is 0 Å². The molecule has 0 radical (unpaired) electrons. The number of rotatable bonds is 12. The third-order valence-electron chi connectivity index (χ3n) is 7.92. The third-order valence-corrected chi connectivity index (χ3v) is 11.4. The predicted octanol–water partition coefficient (Wildman–Crippen LogP) is 2.66. The second-order valence-electron chi connectivity index (χ2n) is 10.1. The fourth-order valence-corrected chi connectivity index (χ4v) is 8.34. The van der Waals surface area contributed by atoms with E-state index in [9.17, 15) is 17.9 Å². The maximum atomic E-state index is 13.2. The summed E-state index contributed by atoms with van der Waals surface area (Å²) in [6.07, 6.45) is 8.72. The van der Waals surface area contributed by atoms with Crippen LogP contribution in [0.2, 0.25) is 0 Å². The van der Waals surface area contributed by atoms with Crippen molar-refractivity contribution in [2.24, 2.45) is 17.8 Å². The van der Waals surface area contributed by atoms with E-state index in [1.807, 2.05) is 42.5 Å². The molecule has 1 N–H and O–H groups in total. The molecule has 5 nitrogen and oxygen atoms in total. The SMILES string of the molecule is CCP(=O)([O-])CCCCCCC1C2CC[C@@H](C2)C1NS(=O)(=O)c1ccc(-c2ccccc2)cc1.[Na+]. The Morgan fingerprint density at radius 2 is 1.54 bits per heavy atom. The molecule has 0 heterocycles. The molecule has 0 saturated heterocycles. The minimum Gasteiger partial charge on any atom is -0.799 e. The van der Waals surface area contributed by atoms with Crippen LogP contribution in [0, 0.1) is 17.8 Å². The number of benzene rings is 2. The maximum absolute atomic E-state index is 13.2. The van der Waals surface area contributed by atoms with Crippen molar-refractivity contribution < 1.29 is 47.4 Å². The van der Waals surface area contributed by atoms with Crippen LogP contribution in [-0.2, 0) is 14.6 Å². The Morgan fingerprint density at radius 1 is 0.914 bits per heavy atom. The number of unbranched alkanes of at least 4 members (excludes halogenated alkanes) is 3. The summed E-state index contributed by atoms with van der Waals surface area (Å²) >= 11 is 0. The van der Waals surface area contributed by atoms with E-state index in [-0.39, 0.29) is 41.8 Å². The first-order valence-corrected chi connectivity index (χ1v) is 16.2. The van der Waals surface area contributed by atoms with Gasteiger partial charge < -0.3 is 9.46 Å². The van der Waals surface area contributed by atoms with Crippen molar-refractivity contribution >= 4 is 17.4 Å². The molecular weight excluding hydrogens is 488 g/mol. The maximum Gasteiger partial charge on any atom is 1.00 e. The van der Waals surface area contributed by atoms with E-state index in [0.717, 1.165) is 56.1 Å². The molecule has 2 aliphatic carbocycles. The smallest absolute Gasteiger partial charge is 0.799 e. The minimum atomic E-state index is -3.57. The van der Waals surface area contributed by atoms with E-state index in [2.05, 4.69) is 4.72 Å². The molecule has 186 valence electrons. The standard InChI is InChI=1S/C27H38NO4PS.Na/c1-2-33(29,30)19-9-4-3-8-12-26-23-13-14-24(20-23)27(26)28-34(31,32)25-17-15-22(16-18-25)21-10-6-5-7-11-21;/h5-7,10-11,15-18,23-24,26-28H,2-4,8-9,12-14,19-20H2,1H3,(H,29,30);/q;+1/p-1/t23?,24-,26?,27?;/m0./s1. The van der Waals surface area contributed by atoms with Gasteiger partial charge in [-0.1, -0.05) is 68.7 Å². The van der Waals surface area contributed by atoms with Crippen molar-refractivity contribution in [2.45, 2.75) is 69.2 Å². The summed E-state index contributed by atoms with van der Waals surface area (Å²) in [6.45, 7) is 1.71. The number of hydrogen-bond donors (Lipinski definition) is 1. The fourth-order valence-electron chi connectivity index (χ4n) is 5.96. The molecule has 2 fully saturated rings. The molecule has 2 saturated carbocycles. The van der Waals surface area contributed by atoms with E-state index < -0.39 is 17.4 Å². The molecule has 2 bridgehead atoms. The largest absolute Gasteiger partial charge is 1.00 e. The Morgan fingerprint density at radius 3 is 2.23 bits per heavy atom. The molecule has 2 aromatic rings. The monoisotopic (exact) mass is 525 g/mol. The van der Waals surface area contributed by atoms with Gasteiger partial charge in [-0.3, -0.25) is 0 Å². The van der Waals surface area contributed by atoms with Gasteiger partial charge in [0.25, 0.3) is 0 Å². The van der Waals surface area contributed by atoms with Crippen molar-refractivity contribution in [1.82, 2.24) is 4.72 Å². The normalized spacial score (nSPS) is 25.2. The molecule has 0 amide bonds. The summed E-state index contributed by atoms with van der Waals surface area (Å²) in [5.41, 5.74) is 2.07. The Hall–Kier alpha value is -0.460. The fraction of sp³-hybridized carbons (Fsp3) is 0.556. The van der Waals surface area contributed by atoms with E-state index in [4.69, 9.17) is 0 Å². The molecule has 8 heteroatoms. The van der Waals surface area contributed by atoms with Crippen LogP contribution < -0.4 is 39.2 Å². The van der Waals surface area contributed by atoms with Crippen LogP contribution in [0.15, 0.2) is 59.5 Å². The van der Waals surface area contributed by atoms with Gasteiger partial charge in [0.05, 0.1) is 4.90 Å². The van der Waals surface area contributed by atoms with E-state index in [1.165, 1.54) is 6.42 Å². The van der Waals surface area contributed by atoms with Crippen LogP contribution in [0.4, 0.5) is 0 Å². The van der Waals surface area contributed by atoms with Gasteiger partial charge in [0, 0.05) is 13.4 Å². The predicted molar refractivity (Wildman–Crippen MR) is 136 cm³/mol. The molecule has 2 aliphatic rings. The molecule has 2 aromatic carbocycles. The van der Waals surface area contributed by atoms with Crippen LogP contribution >= 0.6 is 7.37 Å². The van der Waals surface area contributed by atoms with Crippen molar-refractivity contribution in [2.75, 3.05) is 12.3 Å². The zero-order chi connectivity index (χ0) is 24.2. The number of nitrogens with one attached hydrogen (secondary N) is 1. The molecule has 0 spiro atoms. The summed E-state index contributed by atoms with van der Waals surface area (Å²) < 4.78 is 41.2. The van der Waals surface area contributed by atoms with Crippen LogP contribution in [0.25, 0.3) is 11.1 Å². The summed E-state index contributed by atoms with van der Waals surface area (Å²) in [5, 5.41) is 0. The molecule has 4 rings (SSSR count). The Kier molecular flexibility index (Phi) is 10.7. The number of hydrogen-bond acceptors (Lipinski definition) is 4. The molecule has 4 unspecified atom stereocenters. The van der Waals surface area contributed by atoms with E-state index in [1.54, 1.807) is 19.1 Å². The van der Waals surface area contributed by atoms with Crippen LogP contribution in [-0.4, -0.2) is 26.8 Å². The zero-order valence-electron chi connectivity index (χ0n) is 21.1. The molecule has 0 aromatic heterocycles. The van der Waals surface area contributed by atoms with Gasteiger partial charge in [-0.25, -0.2) is 13.1 Å². The quantitative estimate of drug-likeness (QED) is 0.262. The topological polar surface area (TPSA) is 86.3 Å². The van der Waals surface area contributed by atoms with Gasteiger partial charge in [-0.15, -0.1) is 0 Å². The first kappa shape index (κ1) is 29.1. The molecule has 0 aliphatic heterocycles. The first-order chi connectivity index (χ1) is 16.3. The summed E-state index contributed by atoms with van der Waals surface area (Å²) in [5.74, 6) is 1.43. The summed E-state index contributed by atoms with van der Waals surface area (Å²) in [7, 11) is -6.73. The second kappa shape index (κ2) is 12.9. The summed E-state index contributed by atoms with van der Waals surface area (Å²) in [6, 6.07) is 17.1. The Labute approximate surface area is 233 Å². The van der Waals surface area contributed by atoms with Gasteiger partial charge in [0.15, 0.2) is 0 Å². The average molecular weight is 526 g/mol. The Balaban J connectivity index is 0.00000342. The van der Waals surface area contributed by atoms with E-state index >= 15 is 0 Å². The first-order valence-electron chi connectivity index (χ1n) is 12.8. The number of fused-ring (bicyclic) bond motifs is 2. The molecule has 35 heavy (non-hydrogen) atoms. The minimum absolute atomic E-state index is 0. The third kappa shape index (κ3) is 7.54. The molecular formula is C27H37NNaO4PS. The van der Waals surface area contributed by atoms with Crippen LogP contribution in [0.3, 0.4) is 0 Å². The Bertz CT molecular complexity index is 1090. The van der Waals surface area contributed by atoms with Crippen LogP contribution in [0.5, 0.6) is 0 Å². The van der Waals surface area contributed by atoms with Gasteiger partial charge in [-0.05, 0) is 85.4 Å². The van der Waals surface area contributed by atoms with Crippen molar-refractivity contribution in [3.8, 4) is 11.1 Å².